The second-order valence-corrected chi connectivity index (χ2v) is 6.44. The molecule has 134 valence electrons. The highest BCUT2D eigenvalue weighted by Crippen LogP contribution is 2.18. The smallest absolute Gasteiger partial charge is 0.261 e. The molecule has 1 N–H and O–H groups in total. The van der Waals surface area contributed by atoms with Crippen molar-refractivity contribution in [2.24, 2.45) is 0 Å². The normalized spacial score (nSPS) is 16.6. The highest BCUT2D eigenvalue weighted by Gasteiger charge is 2.18. The lowest BCUT2D eigenvalue weighted by molar-refractivity contribution is -0.128. The van der Waals surface area contributed by atoms with Crippen LogP contribution in [0.2, 0.25) is 0 Å². The van der Waals surface area contributed by atoms with E-state index in [1.807, 2.05) is 32.9 Å². The number of hydrogen-bond acceptors (Lipinski definition) is 4. The van der Waals surface area contributed by atoms with Crippen LogP contribution in [0.4, 0.5) is 0 Å². The van der Waals surface area contributed by atoms with Crippen LogP contribution in [0, 0.1) is 13.8 Å². The van der Waals surface area contributed by atoms with Gasteiger partial charge < -0.3 is 14.8 Å². The standard InChI is InChI=1S/C19H30N2O3/c1-4-18(24-17-13-15(2)12-16(3)14-17)19(22)20-6-5-7-21-8-10-23-11-9-21/h12-14,18H,4-11H2,1-3H3,(H,20,22). The monoisotopic (exact) mass is 334 g/mol. The number of benzene rings is 1. The SMILES string of the molecule is CCC(Oc1cc(C)cc(C)c1)C(=O)NCCCN1CCOCC1. The number of hydrogen-bond donors (Lipinski definition) is 1. The molecule has 2 rings (SSSR count). The first kappa shape index (κ1) is 18.7. The average Bonchev–Trinajstić information content (AvgIpc) is 2.56. The van der Waals surface area contributed by atoms with Gasteiger partial charge in [-0.15, -0.1) is 0 Å². The highest BCUT2D eigenvalue weighted by atomic mass is 16.5. The van der Waals surface area contributed by atoms with Crippen molar-refractivity contribution in [3.05, 3.63) is 29.3 Å². The van der Waals surface area contributed by atoms with Crippen molar-refractivity contribution in [2.75, 3.05) is 39.4 Å². The second kappa shape index (κ2) is 9.64. The number of morpholine rings is 1. The van der Waals surface area contributed by atoms with E-state index in [-0.39, 0.29) is 5.91 Å². The molecule has 1 aliphatic rings. The summed E-state index contributed by atoms with van der Waals surface area (Å²) in [5, 5.41) is 3.00. The minimum atomic E-state index is -0.436. The Labute approximate surface area is 145 Å². The van der Waals surface area contributed by atoms with Crippen LogP contribution in [0.5, 0.6) is 5.75 Å². The number of carbonyl (C=O) groups is 1. The number of nitrogens with zero attached hydrogens (tertiary/aromatic N) is 1. The molecule has 1 aromatic carbocycles. The zero-order valence-electron chi connectivity index (χ0n) is 15.1. The Morgan fingerprint density at radius 2 is 1.92 bits per heavy atom. The van der Waals surface area contributed by atoms with E-state index in [2.05, 4.69) is 16.3 Å². The maximum absolute atomic E-state index is 12.3. The van der Waals surface area contributed by atoms with Crippen molar-refractivity contribution in [3.8, 4) is 5.75 Å². The van der Waals surface area contributed by atoms with Crippen LogP contribution >= 0.6 is 0 Å². The van der Waals surface area contributed by atoms with Crippen molar-refractivity contribution < 1.29 is 14.3 Å². The molecule has 5 heteroatoms. The first-order valence-electron chi connectivity index (χ1n) is 8.91. The van der Waals surface area contributed by atoms with Crippen LogP contribution in [0.3, 0.4) is 0 Å². The van der Waals surface area contributed by atoms with Gasteiger partial charge in [0.25, 0.3) is 5.91 Å². The Morgan fingerprint density at radius 1 is 1.25 bits per heavy atom. The van der Waals surface area contributed by atoms with E-state index in [0.717, 1.165) is 56.1 Å². The van der Waals surface area contributed by atoms with Gasteiger partial charge in [0.1, 0.15) is 5.75 Å². The first-order valence-corrected chi connectivity index (χ1v) is 8.91. The molecular weight excluding hydrogens is 304 g/mol. The predicted molar refractivity (Wildman–Crippen MR) is 95.5 cm³/mol. The third-order valence-electron chi connectivity index (χ3n) is 4.19. The number of carbonyl (C=O) groups excluding carboxylic acids is 1. The lowest BCUT2D eigenvalue weighted by atomic mass is 10.1. The minimum Gasteiger partial charge on any atom is -0.481 e. The summed E-state index contributed by atoms with van der Waals surface area (Å²) in [6, 6.07) is 6.04. The zero-order valence-corrected chi connectivity index (χ0v) is 15.1. The largest absolute Gasteiger partial charge is 0.481 e. The third kappa shape index (κ3) is 6.13. The molecule has 1 aliphatic heterocycles. The minimum absolute atomic E-state index is 0.0290. The van der Waals surface area contributed by atoms with Gasteiger partial charge in [0.2, 0.25) is 0 Å². The van der Waals surface area contributed by atoms with E-state index in [4.69, 9.17) is 9.47 Å². The molecule has 1 aromatic rings. The molecule has 1 saturated heterocycles. The highest BCUT2D eigenvalue weighted by molar-refractivity contribution is 5.81. The number of ether oxygens (including phenoxy) is 2. The first-order chi connectivity index (χ1) is 11.6. The molecule has 0 radical (unpaired) electrons. The fourth-order valence-electron chi connectivity index (χ4n) is 2.94. The maximum Gasteiger partial charge on any atom is 0.261 e. The van der Waals surface area contributed by atoms with Gasteiger partial charge in [-0.25, -0.2) is 0 Å². The molecule has 1 amide bonds. The van der Waals surface area contributed by atoms with Crippen LogP contribution in [0.15, 0.2) is 18.2 Å². The molecule has 1 heterocycles. The van der Waals surface area contributed by atoms with Crippen molar-refractivity contribution in [1.29, 1.82) is 0 Å². The van der Waals surface area contributed by atoms with Gasteiger partial charge in [0.15, 0.2) is 6.10 Å². The summed E-state index contributed by atoms with van der Waals surface area (Å²) in [5.74, 6) is 0.737. The summed E-state index contributed by atoms with van der Waals surface area (Å²) in [6.45, 7) is 11.3. The quantitative estimate of drug-likeness (QED) is 0.741. The van der Waals surface area contributed by atoms with Gasteiger partial charge in [-0.2, -0.15) is 0 Å². The Hall–Kier alpha value is -1.59. The van der Waals surface area contributed by atoms with E-state index in [9.17, 15) is 4.79 Å². The maximum atomic E-state index is 12.3. The van der Waals surface area contributed by atoms with Gasteiger partial charge >= 0.3 is 0 Å². The Balaban J connectivity index is 1.74. The summed E-state index contributed by atoms with van der Waals surface area (Å²) < 4.78 is 11.2. The Morgan fingerprint density at radius 3 is 2.54 bits per heavy atom. The van der Waals surface area contributed by atoms with Crippen molar-refractivity contribution >= 4 is 5.91 Å². The van der Waals surface area contributed by atoms with Crippen molar-refractivity contribution in [1.82, 2.24) is 10.2 Å². The van der Waals surface area contributed by atoms with Gasteiger partial charge in [0, 0.05) is 19.6 Å². The summed E-state index contributed by atoms with van der Waals surface area (Å²) in [5.41, 5.74) is 2.29. The van der Waals surface area contributed by atoms with E-state index in [1.165, 1.54) is 0 Å². The summed E-state index contributed by atoms with van der Waals surface area (Å²) >= 11 is 0. The Bertz CT molecular complexity index is 507. The molecule has 1 unspecified atom stereocenters. The third-order valence-corrected chi connectivity index (χ3v) is 4.19. The average molecular weight is 334 g/mol. The van der Waals surface area contributed by atoms with Crippen LogP contribution in [-0.2, 0) is 9.53 Å². The van der Waals surface area contributed by atoms with Crippen LogP contribution in [-0.4, -0.2) is 56.3 Å². The fraction of sp³-hybridized carbons (Fsp3) is 0.632. The molecule has 1 atom stereocenters. The van der Waals surface area contributed by atoms with Crippen LogP contribution in [0.1, 0.15) is 30.9 Å². The van der Waals surface area contributed by atoms with Gasteiger partial charge in [-0.1, -0.05) is 13.0 Å². The molecule has 24 heavy (non-hydrogen) atoms. The number of aryl methyl sites for hydroxylation is 2. The number of nitrogens with one attached hydrogen (secondary N) is 1. The molecule has 1 fully saturated rings. The van der Waals surface area contributed by atoms with E-state index < -0.39 is 6.10 Å². The molecule has 5 nitrogen and oxygen atoms in total. The molecular formula is C19H30N2O3. The molecule has 0 aliphatic carbocycles. The van der Waals surface area contributed by atoms with Crippen molar-refractivity contribution in [2.45, 2.75) is 39.7 Å². The Kier molecular flexibility index (Phi) is 7.53. The topological polar surface area (TPSA) is 50.8 Å². The van der Waals surface area contributed by atoms with Gasteiger partial charge in [-0.3, -0.25) is 9.69 Å². The van der Waals surface area contributed by atoms with E-state index >= 15 is 0 Å². The van der Waals surface area contributed by atoms with E-state index in [0.29, 0.717) is 13.0 Å². The summed E-state index contributed by atoms with van der Waals surface area (Å²) in [6.07, 6.45) is 1.17. The lowest BCUT2D eigenvalue weighted by Crippen LogP contribution is -2.41. The van der Waals surface area contributed by atoms with Gasteiger partial charge in [0.05, 0.1) is 13.2 Å². The molecule has 0 spiro atoms. The number of rotatable bonds is 8. The summed E-state index contributed by atoms with van der Waals surface area (Å²) in [7, 11) is 0. The summed E-state index contributed by atoms with van der Waals surface area (Å²) in [4.78, 5) is 14.7. The van der Waals surface area contributed by atoms with Crippen LogP contribution < -0.4 is 10.1 Å². The second-order valence-electron chi connectivity index (χ2n) is 6.44. The zero-order chi connectivity index (χ0) is 17.4. The molecule has 0 bridgehead atoms. The van der Waals surface area contributed by atoms with Crippen LogP contribution in [0.25, 0.3) is 0 Å². The van der Waals surface area contributed by atoms with E-state index in [1.54, 1.807) is 0 Å². The predicted octanol–water partition coefficient (Wildman–Crippen LogP) is 2.30. The molecule has 0 saturated carbocycles. The number of amides is 1. The van der Waals surface area contributed by atoms with Crippen molar-refractivity contribution in [3.63, 3.8) is 0 Å². The van der Waals surface area contributed by atoms with Gasteiger partial charge in [-0.05, 0) is 56.5 Å². The fourth-order valence-corrected chi connectivity index (χ4v) is 2.94. The lowest BCUT2D eigenvalue weighted by Gasteiger charge is -2.26. The molecule has 0 aromatic heterocycles.